The lowest BCUT2D eigenvalue weighted by Crippen LogP contribution is -2.45. The van der Waals surface area contributed by atoms with Gasteiger partial charge in [0.25, 0.3) is 0 Å². The maximum absolute atomic E-state index is 12.5. The molecule has 0 aliphatic carbocycles. The van der Waals surface area contributed by atoms with E-state index in [9.17, 15) is 19.8 Å². The molecule has 3 N–H and O–H groups in total. The Balaban J connectivity index is 3.48. The van der Waals surface area contributed by atoms with E-state index in [1.165, 1.54) is 257 Å². The number of esters is 1. The highest BCUT2D eigenvalue weighted by atomic mass is 16.5. The van der Waals surface area contributed by atoms with Crippen molar-refractivity contribution in [3.8, 4) is 0 Å². The van der Waals surface area contributed by atoms with E-state index in [1.807, 2.05) is 6.08 Å². The van der Waals surface area contributed by atoms with E-state index in [1.54, 1.807) is 6.08 Å². The second kappa shape index (κ2) is 63.6. The van der Waals surface area contributed by atoms with Crippen LogP contribution in [0.25, 0.3) is 0 Å². The number of hydrogen-bond donors (Lipinski definition) is 3. The molecule has 0 bridgehead atoms. The van der Waals surface area contributed by atoms with Crippen LogP contribution in [0.1, 0.15) is 361 Å². The summed E-state index contributed by atoms with van der Waals surface area (Å²) in [6.45, 7) is 4.90. The average molecular weight is 1040 g/mol. The minimum atomic E-state index is -0.852. The molecular formula is C68H129NO5. The lowest BCUT2D eigenvalue weighted by atomic mass is 10.0. The maximum Gasteiger partial charge on any atom is 0.305 e. The van der Waals surface area contributed by atoms with Crippen molar-refractivity contribution in [1.82, 2.24) is 5.32 Å². The Labute approximate surface area is 462 Å². The molecule has 0 fully saturated rings. The van der Waals surface area contributed by atoms with Crippen LogP contribution in [0.15, 0.2) is 36.5 Å². The van der Waals surface area contributed by atoms with Crippen LogP contribution in [0.2, 0.25) is 0 Å². The Kier molecular flexibility index (Phi) is 62.0. The highest BCUT2D eigenvalue weighted by Crippen LogP contribution is 2.18. The van der Waals surface area contributed by atoms with Crippen molar-refractivity contribution < 1.29 is 24.5 Å². The highest BCUT2D eigenvalue weighted by Gasteiger charge is 2.18. The minimum absolute atomic E-state index is 0.00927. The number of unbranched alkanes of at least 4 members (excludes halogenated alkanes) is 48. The molecular weight excluding hydrogens is 911 g/mol. The van der Waals surface area contributed by atoms with Crippen LogP contribution in [-0.2, 0) is 14.3 Å². The lowest BCUT2D eigenvalue weighted by Gasteiger charge is -2.20. The third-order valence-corrected chi connectivity index (χ3v) is 15.4. The maximum atomic E-state index is 12.5. The number of rotatable bonds is 62. The number of hydrogen-bond acceptors (Lipinski definition) is 5. The van der Waals surface area contributed by atoms with E-state index in [0.717, 1.165) is 77.0 Å². The van der Waals surface area contributed by atoms with Crippen molar-refractivity contribution in [2.45, 2.75) is 373 Å². The molecule has 6 heteroatoms. The van der Waals surface area contributed by atoms with Gasteiger partial charge in [0.05, 0.1) is 25.4 Å². The van der Waals surface area contributed by atoms with Gasteiger partial charge >= 0.3 is 5.97 Å². The van der Waals surface area contributed by atoms with Crippen molar-refractivity contribution in [1.29, 1.82) is 0 Å². The summed E-state index contributed by atoms with van der Waals surface area (Å²) in [6, 6.07) is -0.637. The molecule has 0 aliphatic rings. The molecule has 2 atom stereocenters. The zero-order chi connectivity index (χ0) is 53.6. The summed E-state index contributed by atoms with van der Waals surface area (Å²) in [5.41, 5.74) is 0. The van der Waals surface area contributed by atoms with Gasteiger partial charge in [0, 0.05) is 12.8 Å². The van der Waals surface area contributed by atoms with Crippen LogP contribution in [0, 0.1) is 0 Å². The normalized spacial score (nSPS) is 12.8. The van der Waals surface area contributed by atoms with Crippen molar-refractivity contribution in [3.05, 3.63) is 36.5 Å². The fourth-order valence-electron chi connectivity index (χ4n) is 10.3. The summed E-state index contributed by atoms with van der Waals surface area (Å²) in [5.74, 6) is -0.0843. The monoisotopic (exact) mass is 1040 g/mol. The molecule has 74 heavy (non-hydrogen) atoms. The number of aliphatic hydroxyl groups is 2. The molecule has 0 rings (SSSR count). The smallest absolute Gasteiger partial charge is 0.305 e. The fourth-order valence-corrected chi connectivity index (χ4v) is 10.3. The Bertz CT molecular complexity index is 1200. The first kappa shape index (κ1) is 72.1. The Morgan fingerprint density at radius 1 is 0.378 bits per heavy atom. The van der Waals surface area contributed by atoms with Crippen LogP contribution >= 0.6 is 0 Å². The molecule has 436 valence electrons. The van der Waals surface area contributed by atoms with Crippen LogP contribution in [-0.4, -0.2) is 47.4 Å². The molecule has 0 aromatic carbocycles. The van der Waals surface area contributed by atoms with Gasteiger partial charge in [0.1, 0.15) is 0 Å². The fraction of sp³-hybridized carbons (Fsp3) is 0.882. The lowest BCUT2D eigenvalue weighted by molar-refractivity contribution is -0.143. The van der Waals surface area contributed by atoms with Gasteiger partial charge in [-0.3, -0.25) is 9.59 Å². The Morgan fingerprint density at radius 2 is 0.662 bits per heavy atom. The molecule has 0 saturated carbocycles. The molecule has 0 heterocycles. The second-order valence-corrected chi connectivity index (χ2v) is 22.8. The summed E-state index contributed by atoms with van der Waals surface area (Å²) in [5, 5.41) is 23.2. The van der Waals surface area contributed by atoms with Crippen LogP contribution in [0.5, 0.6) is 0 Å². The number of aliphatic hydroxyl groups excluding tert-OH is 2. The molecule has 0 spiro atoms. The molecule has 1 amide bonds. The topological polar surface area (TPSA) is 95.9 Å². The average Bonchev–Trinajstić information content (AvgIpc) is 3.40. The summed E-state index contributed by atoms with van der Waals surface area (Å²) >= 11 is 0. The third-order valence-electron chi connectivity index (χ3n) is 15.4. The van der Waals surface area contributed by atoms with Gasteiger partial charge in [0.2, 0.25) is 5.91 Å². The Morgan fingerprint density at radius 3 is 1.00 bits per heavy atom. The van der Waals surface area contributed by atoms with Gasteiger partial charge in [-0.15, -0.1) is 0 Å². The predicted octanol–water partition coefficient (Wildman–Crippen LogP) is 21.1. The van der Waals surface area contributed by atoms with Gasteiger partial charge < -0.3 is 20.3 Å². The van der Waals surface area contributed by atoms with Gasteiger partial charge in [0.15, 0.2) is 0 Å². The van der Waals surface area contributed by atoms with Gasteiger partial charge in [-0.05, 0) is 64.2 Å². The zero-order valence-electron chi connectivity index (χ0n) is 49.8. The van der Waals surface area contributed by atoms with Gasteiger partial charge in [-0.1, -0.05) is 320 Å². The summed E-state index contributed by atoms with van der Waals surface area (Å²) in [6.07, 6.45) is 80.6. The number of ether oxygens (including phenoxy) is 1. The van der Waals surface area contributed by atoms with E-state index in [2.05, 4.69) is 43.5 Å². The molecule has 0 aromatic heterocycles. The van der Waals surface area contributed by atoms with Crippen molar-refractivity contribution in [2.75, 3.05) is 13.2 Å². The number of carbonyl (C=O) groups excluding carboxylic acids is 2. The first-order chi connectivity index (χ1) is 36.5. The van der Waals surface area contributed by atoms with Gasteiger partial charge in [-0.25, -0.2) is 0 Å². The Hall–Kier alpha value is -1.92. The number of carbonyl (C=O) groups is 2. The molecule has 0 radical (unpaired) electrons. The van der Waals surface area contributed by atoms with Crippen molar-refractivity contribution in [3.63, 3.8) is 0 Å². The third kappa shape index (κ3) is 59.3. The number of amides is 1. The zero-order valence-corrected chi connectivity index (χ0v) is 49.8. The second-order valence-electron chi connectivity index (χ2n) is 22.8. The highest BCUT2D eigenvalue weighted by molar-refractivity contribution is 5.76. The van der Waals surface area contributed by atoms with E-state index >= 15 is 0 Å². The van der Waals surface area contributed by atoms with Crippen molar-refractivity contribution in [2.24, 2.45) is 0 Å². The quantitative estimate of drug-likeness (QED) is 0.0244. The van der Waals surface area contributed by atoms with E-state index in [-0.39, 0.29) is 18.5 Å². The van der Waals surface area contributed by atoms with E-state index < -0.39 is 12.1 Å². The SMILES string of the molecule is CCCCCCCCCCCCCCCCCCCC/C=C/C(O)C(CO)NC(=O)CCCCCCCCCCCC/C=C\C=C/CCCCCOC(=O)CCCCCCCCCCCCCCCCCCCC. The molecule has 6 nitrogen and oxygen atoms in total. The molecule has 0 aliphatic heterocycles. The van der Waals surface area contributed by atoms with E-state index in [4.69, 9.17) is 4.74 Å². The first-order valence-corrected chi connectivity index (χ1v) is 33.3. The molecule has 0 aromatic rings. The minimum Gasteiger partial charge on any atom is -0.466 e. The van der Waals surface area contributed by atoms with Crippen LogP contribution in [0.3, 0.4) is 0 Å². The number of nitrogens with one attached hydrogen (secondary N) is 1. The summed E-state index contributed by atoms with van der Waals surface area (Å²) in [4.78, 5) is 24.6. The number of allylic oxidation sites excluding steroid dienone is 5. The summed E-state index contributed by atoms with van der Waals surface area (Å²) < 4.78 is 5.48. The standard InChI is InChI=1S/C68H129NO5/c1-3-5-7-9-11-13-15-17-19-21-23-25-28-32-36-40-44-48-52-56-60-66(71)65(64-70)69-67(72)61-57-53-49-45-41-37-33-29-26-24-27-31-35-39-43-47-51-55-59-63-74-68(73)62-58-54-50-46-42-38-34-30-22-20-18-16-14-12-10-8-6-4-2/h31,35,39,43,56,60,65-66,70-71H,3-30,32-34,36-38,40-42,44-55,57-59,61-64H2,1-2H3,(H,69,72)/b35-31-,43-39-,60-56+. The summed E-state index contributed by atoms with van der Waals surface area (Å²) in [7, 11) is 0. The predicted molar refractivity (Wildman–Crippen MR) is 324 cm³/mol. The molecule has 2 unspecified atom stereocenters. The van der Waals surface area contributed by atoms with Crippen LogP contribution < -0.4 is 5.32 Å². The van der Waals surface area contributed by atoms with Crippen molar-refractivity contribution >= 4 is 11.9 Å². The van der Waals surface area contributed by atoms with Crippen LogP contribution in [0.4, 0.5) is 0 Å². The largest absolute Gasteiger partial charge is 0.466 e. The first-order valence-electron chi connectivity index (χ1n) is 33.3. The van der Waals surface area contributed by atoms with E-state index in [0.29, 0.717) is 19.4 Å². The molecule has 0 saturated heterocycles. The van der Waals surface area contributed by atoms with Gasteiger partial charge in [-0.2, -0.15) is 0 Å².